The lowest BCUT2D eigenvalue weighted by molar-refractivity contribution is -0.122. The van der Waals surface area contributed by atoms with Crippen molar-refractivity contribution < 1.29 is 28.2 Å². The molecular weight excluding hydrogens is 415 g/mol. The van der Waals surface area contributed by atoms with Crippen molar-refractivity contribution in [1.29, 1.82) is 0 Å². The Morgan fingerprint density at radius 2 is 1.84 bits per heavy atom. The molecule has 1 atom stereocenters. The van der Waals surface area contributed by atoms with Gasteiger partial charge >= 0.3 is 5.97 Å². The van der Waals surface area contributed by atoms with Crippen LogP contribution in [0.25, 0.3) is 0 Å². The number of benzene rings is 2. The largest absolute Gasteiger partial charge is 0.494 e. The van der Waals surface area contributed by atoms with Crippen molar-refractivity contribution in [3.63, 3.8) is 0 Å². The van der Waals surface area contributed by atoms with Gasteiger partial charge in [-0.3, -0.25) is 9.59 Å². The van der Waals surface area contributed by atoms with E-state index in [4.69, 9.17) is 4.74 Å². The highest BCUT2D eigenvalue weighted by Gasteiger charge is 2.38. The van der Waals surface area contributed by atoms with E-state index in [-0.39, 0.29) is 24.0 Å². The lowest BCUT2D eigenvalue weighted by Gasteiger charge is -2.29. The first-order chi connectivity index (χ1) is 15.3. The van der Waals surface area contributed by atoms with Gasteiger partial charge in [0.2, 0.25) is 11.8 Å². The zero-order chi connectivity index (χ0) is 23.1. The third kappa shape index (κ3) is 5.84. The fourth-order valence-electron chi connectivity index (χ4n) is 3.91. The number of amides is 2. The van der Waals surface area contributed by atoms with Gasteiger partial charge in [0.1, 0.15) is 0 Å². The summed E-state index contributed by atoms with van der Waals surface area (Å²) < 4.78 is 23.4. The number of esters is 1. The van der Waals surface area contributed by atoms with E-state index >= 15 is 0 Å². The molecule has 1 heterocycles. The number of methoxy groups -OCH3 is 2. The summed E-state index contributed by atoms with van der Waals surface area (Å²) in [6.07, 6.45) is 2.18. The van der Waals surface area contributed by atoms with Crippen LogP contribution in [0.1, 0.15) is 47.2 Å². The Hall–Kier alpha value is -3.42. The van der Waals surface area contributed by atoms with Crippen molar-refractivity contribution in [2.75, 3.05) is 14.2 Å². The number of rotatable bonds is 9. The summed E-state index contributed by atoms with van der Waals surface area (Å²) in [7, 11) is 2.73. The number of hydrogen-bond donors (Lipinski definition) is 2. The van der Waals surface area contributed by atoms with Gasteiger partial charge in [-0.2, -0.15) is 0 Å². The molecule has 2 aromatic carbocycles. The lowest BCUT2D eigenvalue weighted by atomic mass is 9.85. The smallest absolute Gasteiger partial charge is 0.337 e. The van der Waals surface area contributed by atoms with Crippen LogP contribution in [0.15, 0.2) is 42.5 Å². The zero-order valence-corrected chi connectivity index (χ0v) is 18.2. The Kier molecular flexibility index (Phi) is 7.45. The average molecular weight is 442 g/mol. The molecule has 2 aromatic rings. The van der Waals surface area contributed by atoms with Crippen LogP contribution in [0.2, 0.25) is 0 Å². The maximum atomic E-state index is 13.7. The maximum absolute atomic E-state index is 13.7. The summed E-state index contributed by atoms with van der Waals surface area (Å²) >= 11 is 0. The molecule has 0 saturated carbocycles. The Labute approximate surface area is 186 Å². The van der Waals surface area contributed by atoms with Gasteiger partial charge in [0.15, 0.2) is 11.6 Å². The van der Waals surface area contributed by atoms with Gasteiger partial charge in [0.05, 0.1) is 19.8 Å². The molecule has 8 heteroatoms. The summed E-state index contributed by atoms with van der Waals surface area (Å²) in [5.74, 6) is -0.898. The number of carbonyl (C=O) groups excluding carboxylic acids is 3. The van der Waals surface area contributed by atoms with E-state index in [0.29, 0.717) is 37.8 Å². The molecule has 1 fully saturated rings. The first-order valence-corrected chi connectivity index (χ1v) is 10.4. The molecule has 1 aliphatic heterocycles. The summed E-state index contributed by atoms with van der Waals surface area (Å²) in [6, 6.07) is 11.4. The topological polar surface area (TPSA) is 93.7 Å². The first-order valence-electron chi connectivity index (χ1n) is 10.4. The molecule has 32 heavy (non-hydrogen) atoms. The molecule has 2 N–H and O–H groups in total. The number of halogens is 1. The van der Waals surface area contributed by atoms with Crippen LogP contribution in [0.3, 0.4) is 0 Å². The lowest BCUT2D eigenvalue weighted by Crippen LogP contribution is -2.44. The van der Waals surface area contributed by atoms with E-state index < -0.39 is 17.3 Å². The van der Waals surface area contributed by atoms with Crippen LogP contribution in [0.4, 0.5) is 4.39 Å². The highest BCUT2D eigenvalue weighted by Crippen LogP contribution is 2.31. The van der Waals surface area contributed by atoms with Gasteiger partial charge in [-0.25, -0.2) is 9.18 Å². The Morgan fingerprint density at radius 1 is 1.12 bits per heavy atom. The Balaban J connectivity index is 1.57. The third-order valence-electron chi connectivity index (χ3n) is 5.69. The first kappa shape index (κ1) is 23.2. The van der Waals surface area contributed by atoms with Gasteiger partial charge in [0, 0.05) is 24.9 Å². The number of ether oxygens (including phenoxy) is 2. The molecule has 7 nitrogen and oxygen atoms in total. The Bertz CT molecular complexity index is 992. The fraction of sp³-hybridized carbons (Fsp3) is 0.375. The molecule has 1 aliphatic rings. The molecule has 3 rings (SSSR count). The molecule has 1 saturated heterocycles. The van der Waals surface area contributed by atoms with E-state index in [1.165, 1.54) is 20.3 Å². The molecule has 170 valence electrons. The van der Waals surface area contributed by atoms with Crippen molar-refractivity contribution in [3.05, 3.63) is 65.0 Å². The van der Waals surface area contributed by atoms with Crippen molar-refractivity contribution >= 4 is 17.8 Å². The molecule has 0 bridgehead atoms. The number of nitrogens with one attached hydrogen (secondary N) is 2. The highest BCUT2D eigenvalue weighted by molar-refractivity contribution is 5.89. The van der Waals surface area contributed by atoms with E-state index in [2.05, 4.69) is 15.4 Å². The van der Waals surface area contributed by atoms with Gasteiger partial charge in [-0.1, -0.05) is 18.2 Å². The van der Waals surface area contributed by atoms with E-state index in [1.807, 2.05) is 0 Å². The molecule has 2 amide bonds. The molecule has 0 aromatic heterocycles. The fourth-order valence-corrected chi connectivity index (χ4v) is 3.91. The summed E-state index contributed by atoms with van der Waals surface area (Å²) in [4.78, 5) is 35.9. The van der Waals surface area contributed by atoms with Crippen LogP contribution in [0, 0.1) is 5.82 Å². The van der Waals surface area contributed by atoms with Crippen LogP contribution in [-0.2, 0) is 27.3 Å². The van der Waals surface area contributed by atoms with Crippen LogP contribution in [-0.4, -0.2) is 37.5 Å². The predicted molar refractivity (Wildman–Crippen MR) is 116 cm³/mol. The summed E-state index contributed by atoms with van der Waals surface area (Å²) in [5.41, 5.74) is 1.57. The van der Waals surface area contributed by atoms with Crippen molar-refractivity contribution in [3.8, 4) is 5.75 Å². The predicted octanol–water partition coefficient (Wildman–Crippen LogP) is 2.91. The van der Waals surface area contributed by atoms with Crippen LogP contribution >= 0.6 is 0 Å². The maximum Gasteiger partial charge on any atom is 0.337 e. The standard InChI is InChI=1S/C24H27FN2O5/c1-31-20-13-17(5-8-19(20)25)14-24(12-10-22(29)27-24)11-9-21(28)26-15-16-3-6-18(7-4-16)23(30)32-2/h3-8,13H,9-12,14-15H2,1-2H3,(H,26,28)(H,27,29)/t24-/m0/s1. The Morgan fingerprint density at radius 3 is 2.47 bits per heavy atom. The minimum atomic E-state index is -0.556. The second-order valence-electron chi connectivity index (χ2n) is 7.94. The highest BCUT2D eigenvalue weighted by atomic mass is 19.1. The molecular formula is C24H27FN2O5. The normalized spacial score (nSPS) is 17.5. The van der Waals surface area contributed by atoms with E-state index in [1.54, 1.807) is 36.4 Å². The minimum absolute atomic E-state index is 0.0508. The summed E-state index contributed by atoms with van der Waals surface area (Å²) in [5, 5.41) is 5.89. The molecule has 0 spiro atoms. The van der Waals surface area contributed by atoms with E-state index in [9.17, 15) is 18.8 Å². The van der Waals surface area contributed by atoms with Crippen molar-refractivity contribution in [2.45, 2.75) is 44.2 Å². The van der Waals surface area contributed by atoms with Gasteiger partial charge < -0.3 is 20.1 Å². The van der Waals surface area contributed by atoms with Gasteiger partial charge in [-0.05, 0) is 54.7 Å². The van der Waals surface area contributed by atoms with E-state index in [0.717, 1.165) is 11.1 Å². The average Bonchev–Trinajstić information content (AvgIpc) is 3.17. The number of hydrogen-bond acceptors (Lipinski definition) is 5. The summed E-state index contributed by atoms with van der Waals surface area (Å²) in [6.45, 7) is 0.328. The number of carbonyl (C=O) groups is 3. The van der Waals surface area contributed by atoms with Crippen LogP contribution < -0.4 is 15.4 Å². The monoisotopic (exact) mass is 442 g/mol. The third-order valence-corrected chi connectivity index (χ3v) is 5.69. The molecule has 0 unspecified atom stereocenters. The van der Waals surface area contributed by atoms with Gasteiger partial charge in [0.25, 0.3) is 0 Å². The van der Waals surface area contributed by atoms with Crippen molar-refractivity contribution in [2.24, 2.45) is 0 Å². The quantitative estimate of drug-likeness (QED) is 0.583. The second kappa shape index (κ2) is 10.3. The SMILES string of the molecule is COC(=O)c1ccc(CNC(=O)CC[C@@]2(Cc3ccc(F)c(OC)c3)CCC(=O)N2)cc1. The second-order valence-corrected chi connectivity index (χ2v) is 7.94. The molecule has 0 aliphatic carbocycles. The zero-order valence-electron chi connectivity index (χ0n) is 18.2. The van der Waals surface area contributed by atoms with Crippen LogP contribution in [0.5, 0.6) is 5.75 Å². The molecule has 0 radical (unpaired) electrons. The van der Waals surface area contributed by atoms with Gasteiger partial charge in [-0.15, -0.1) is 0 Å². The van der Waals surface area contributed by atoms with Crippen molar-refractivity contribution in [1.82, 2.24) is 10.6 Å². The minimum Gasteiger partial charge on any atom is -0.494 e.